The van der Waals surface area contributed by atoms with Gasteiger partial charge in [0.25, 0.3) is 0 Å². The minimum atomic E-state index is -0.736. The number of thiazole rings is 1. The molecule has 1 saturated carbocycles. The van der Waals surface area contributed by atoms with E-state index in [1.165, 1.54) is 0 Å². The summed E-state index contributed by atoms with van der Waals surface area (Å²) in [6.07, 6.45) is 2.29. The lowest BCUT2D eigenvalue weighted by Crippen LogP contribution is -2.38. The molecule has 1 fully saturated rings. The van der Waals surface area contributed by atoms with Crippen molar-refractivity contribution in [3.05, 3.63) is 11.1 Å². The van der Waals surface area contributed by atoms with Crippen LogP contribution in [0.2, 0.25) is 0 Å². The van der Waals surface area contributed by atoms with Gasteiger partial charge < -0.3 is 10.2 Å². The molecule has 0 radical (unpaired) electrons. The zero-order valence-corrected chi connectivity index (χ0v) is 11.9. The monoisotopic (exact) mass is 287 g/mol. The molecule has 0 bridgehead atoms. The number of thioether (sulfide) groups is 1. The summed E-state index contributed by atoms with van der Waals surface area (Å²) >= 11 is 3.16. The van der Waals surface area contributed by atoms with Gasteiger partial charge >= 0.3 is 5.97 Å². The van der Waals surface area contributed by atoms with Gasteiger partial charge in [-0.25, -0.2) is 4.98 Å². The Morgan fingerprint density at radius 1 is 1.61 bits per heavy atom. The highest BCUT2D eigenvalue weighted by Crippen LogP contribution is 2.36. The van der Waals surface area contributed by atoms with E-state index in [-0.39, 0.29) is 5.92 Å². The molecule has 0 aliphatic heterocycles. The molecule has 18 heavy (non-hydrogen) atoms. The van der Waals surface area contributed by atoms with Crippen LogP contribution < -0.4 is 0 Å². The standard InChI is InChI=1S/C12H17NO3S2/c1-8-6-17-11(13-8)18-7-12(16)4-2-9(3-5-12)10(14)15/h6,9,16H,2-5,7H2,1H3,(H,14,15). The third-order valence-corrected chi connectivity index (χ3v) is 5.74. The molecule has 0 unspecified atom stereocenters. The quantitative estimate of drug-likeness (QED) is 0.833. The van der Waals surface area contributed by atoms with Gasteiger partial charge in [0.15, 0.2) is 0 Å². The van der Waals surface area contributed by atoms with Gasteiger partial charge in [-0.05, 0) is 32.6 Å². The summed E-state index contributed by atoms with van der Waals surface area (Å²) in [5, 5.41) is 21.3. The first kappa shape index (κ1) is 13.8. The molecule has 1 aromatic heterocycles. The first-order chi connectivity index (χ1) is 8.48. The number of carboxylic acids is 1. The topological polar surface area (TPSA) is 70.4 Å². The fourth-order valence-corrected chi connectivity index (χ4v) is 4.14. The van der Waals surface area contributed by atoms with Crippen LogP contribution in [-0.2, 0) is 4.79 Å². The molecular formula is C12H17NO3S2. The molecule has 0 saturated heterocycles. The number of rotatable bonds is 4. The normalized spacial score (nSPS) is 28.2. The molecule has 2 rings (SSSR count). The molecule has 1 aromatic rings. The fraction of sp³-hybridized carbons (Fsp3) is 0.667. The van der Waals surface area contributed by atoms with Crippen molar-refractivity contribution >= 4 is 29.1 Å². The summed E-state index contributed by atoms with van der Waals surface area (Å²) < 4.78 is 0.973. The summed E-state index contributed by atoms with van der Waals surface area (Å²) in [5.74, 6) is -0.413. The lowest BCUT2D eigenvalue weighted by Gasteiger charge is -2.34. The van der Waals surface area contributed by atoms with Crippen molar-refractivity contribution in [2.75, 3.05) is 5.75 Å². The van der Waals surface area contributed by atoms with Gasteiger partial charge in [-0.3, -0.25) is 4.79 Å². The minimum absolute atomic E-state index is 0.280. The predicted molar refractivity (Wildman–Crippen MR) is 72.1 cm³/mol. The van der Waals surface area contributed by atoms with Crippen LogP contribution in [0, 0.1) is 12.8 Å². The number of aliphatic hydroxyl groups is 1. The van der Waals surface area contributed by atoms with Crippen LogP contribution in [0.5, 0.6) is 0 Å². The van der Waals surface area contributed by atoms with E-state index in [1.54, 1.807) is 23.1 Å². The van der Waals surface area contributed by atoms with Gasteiger partial charge in [0.1, 0.15) is 4.34 Å². The SMILES string of the molecule is Cc1csc(SCC2(O)CCC(C(=O)O)CC2)n1. The van der Waals surface area contributed by atoms with E-state index in [0.29, 0.717) is 31.4 Å². The highest BCUT2D eigenvalue weighted by Gasteiger charge is 2.35. The van der Waals surface area contributed by atoms with Gasteiger partial charge in [-0.2, -0.15) is 0 Å². The van der Waals surface area contributed by atoms with Crippen LogP contribution in [0.15, 0.2) is 9.72 Å². The number of hydrogen-bond acceptors (Lipinski definition) is 5. The number of nitrogens with zero attached hydrogens (tertiary/aromatic N) is 1. The maximum Gasteiger partial charge on any atom is 0.306 e. The van der Waals surface area contributed by atoms with Crippen LogP contribution in [0.25, 0.3) is 0 Å². The molecular weight excluding hydrogens is 270 g/mol. The van der Waals surface area contributed by atoms with E-state index < -0.39 is 11.6 Å². The second-order valence-electron chi connectivity index (χ2n) is 4.88. The van der Waals surface area contributed by atoms with Gasteiger partial charge in [0, 0.05) is 16.8 Å². The molecule has 0 atom stereocenters. The molecule has 0 spiro atoms. The van der Waals surface area contributed by atoms with Crippen molar-refractivity contribution in [3.63, 3.8) is 0 Å². The smallest absolute Gasteiger partial charge is 0.306 e. The van der Waals surface area contributed by atoms with E-state index in [0.717, 1.165) is 10.0 Å². The Hall–Kier alpha value is -0.590. The average Bonchev–Trinajstić information content (AvgIpc) is 2.73. The average molecular weight is 287 g/mol. The molecule has 6 heteroatoms. The lowest BCUT2D eigenvalue weighted by atomic mass is 9.80. The van der Waals surface area contributed by atoms with Crippen molar-refractivity contribution in [2.45, 2.75) is 42.5 Å². The Balaban J connectivity index is 1.84. The van der Waals surface area contributed by atoms with Crippen LogP contribution in [-0.4, -0.2) is 32.5 Å². The summed E-state index contributed by atoms with van der Waals surface area (Å²) in [6.45, 7) is 1.95. The largest absolute Gasteiger partial charge is 0.481 e. The van der Waals surface area contributed by atoms with Crippen molar-refractivity contribution in [1.82, 2.24) is 4.98 Å². The van der Waals surface area contributed by atoms with Gasteiger partial charge in [0.2, 0.25) is 0 Å². The number of hydrogen-bond donors (Lipinski definition) is 2. The van der Waals surface area contributed by atoms with Crippen LogP contribution in [0.1, 0.15) is 31.4 Å². The predicted octanol–water partition coefficient (Wildman–Crippen LogP) is 2.55. The minimum Gasteiger partial charge on any atom is -0.481 e. The van der Waals surface area contributed by atoms with Crippen LogP contribution in [0.3, 0.4) is 0 Å². The second kappa shape index (κ2) is 5.59. The number of aliphatic carboxylic acids is 1. The highest BCUT2D eigenvalue weighted by atomic mass is 32.2. The molecule has 0 aromatic carbocycles. The van der Waals surface area contributed by atoms with Crippen molar-refractivity contribution < 1.29 is 15.0 Å². The number of aromatic nitrogens is 1. The summed E-state index contributed by atoms with van der Waals surface area (Å²) in [6, 6.07) is 0. The Kier molecular flexibility index (Phi) is 4.29. The summed E-state index contributed by atoms with van der Waals surface area (Å²) in [7, 11) is 0. The third kappa shape index (κ3) is 3.46. The fourth-order valence-electron chi connectivity index (χ4n) is 2.14. The van der Waals surface area contributed by atoms with Gasteiger partial charge in [-0.1, -0.05) is 11.8 Å². The van der Waals surface area contributed by atoms with Crippen molar-refractivity contribution in [1.29, 1.82) is 0 Å². The lowest BCUT2D eigenvalue weighted by molar-refractivity contribution is -0.144. The molecule has 1 aliphatic rings. The van der Waals surface area contributed by atoms with Crippen molar-refractivity contribution in [2.24, 2.45) is 5.92 Å². The molecule has 1 aliphatic carbocycles. The number of carboxylic acid groups (broad SMARTS) is 1. The second-order valence-corrected chi connectivity index (χ2v) is 6.96. The highest BCUT2D eigenvalue weighted by molar-refractivity contribution is 8.01. The third-order valence-electron chi connectivity index (χ3n) is 3.33. The Labute approximate surface area is 114 Å². The van der Waals surface area contributed by atoms with E-state index in [2.05, 4.69) is 4.98 Å². The molecule has 1 heterocycles. The Bertz CT molecular complexity index is 425. The summed E-state index contributed by atoms with van der Waals surface area (Å²) in [5.41, 5.74) is 0.278. The molecule has 4 nitrogen and oxygen atoms in total. The molecule has 2 N–H and O–H groups in total. The maximum atomic E-state index is 10.9. The van der Waals surface area contributed by atoms with Gasteiger partial charge in [-0.15, -0.1) is 11.3 Å². The van der Waals surface area contributed by atoms with Crippen LogP contribution >= 0.6 is 23.1 Å². The first-order valence-electron chi connectivity index (χ1n) is 5.99. The zero-order valence-electron chi connectivity index (χ0n) is 10.3. The molecule has 0 amide bonds. The van der Waals surface area contributed by atoms with E-state index >= 15 is 0 Å². The van der Waals surface area contributed by atoms with E-state index in [4.69, 9.17) is 5.11 Å². The Morgan fingerprint density at radius 3 is 2.78 bits per heavy atom. The molecule has 100 valence electrons. The first-order valence-corrected chi connectivity index (χ1v) is 7.85. The number of aryl methyl sites for hydroxylation is 1. The number of carbonyl (C=O) groups is 1. The summed E-state index contributed by atoms with van der Waals surface area (Å²) in [4.78, 5) is 15.2. The van der Waals surface area contributed by atoms with Gasteiger partial charge in [0.05, 0.1) is 11.5 Å². The van der Waals surface area contributed by atoms with Crippen LogP contribution in [0.4, 0.5) is 0 Å². The van der Waals surface area contributed by atoms with Crippen molar-refractivity contribution in [3.8, 4) is 0 Å². The Morgan fingerprint density at radius 2 is 2.28 bits per heavy atom. The zero-order chi connectivity index (χ0) is 13.2. The maximum absolute atomic E-state index is 10.9. The van der Waals surface area contributed by atoms with E-state index in [9.17, 15) is 9.90 Å². The van der Waals surface area contributed by atoms with E-state index in [1.807, 2.05) is 12.3 Å².